The molecule has 8 heteroatoms. The van der Waals surface area contributed by atoms with Crippen LogP contribution in [0.1, 0.15) is 29.5 Å². The minimum atomic E-state index is -1.39. The molecule has 0 bridgehead atoms. The Balaban J connectivity index is 1.32. The van der Waals surface area contributed by atoms with Crippen LogP contribution in [0, 0.1) is 10.1 Å². The molecule has 1 saturated heterocycles. The molecule has 2 aliphatic rings. The van der Waals surface area contributed by atoms with Crippen LogP contribution in [-0.4, -0.2) is 42.0 Å². The number of hydrogen-bond donors (Lipinski definition) is 1. The smallest absolute Gasteiger partial charge is 0.256 e. The number of amides is 1. The Morgan fingerprint density at radius 2 is 1.74 bits per heavy atom. The molecule has 3 atom stereocenters. The van der Waals surface area contributed by atoms with Gasteiger partial charge < -0.3 is 14.8 Å². The number of carbonyl (C=O) groups is 1. The Morgan fingerprint density at radius 3 is 2.54 bits per heavy atom. The molecule has 1 fully saturated rings. The first kappa shape index (κ1) is 24.9. The minimum absolute atomic E-state index is 0.305. The zero-order valence-corrected chi connectivity index (χ0v) is 21.8. The number of carbonyl (C=O) groups excluding carboxylic acids is 1. The van der Waals surface area contributed by atoms with Gasteiger partial charge >= 0.3 is 0 Å². The van der Waals surface area contributed by atoms with Gasteiger partial charge in [0.2, 0.25) is 0 Å². The number of fused-ring (bicyclic) bond motifs is 3. The van der Waals surface area contributed by atoms with Gasteiger partial charge in [0.25, 0.3) is 11.9 Å². The predicted molar refractivity (Wildman–Crippen MR) is 149 cm³/mol. The first-order valence-corrected chi connectivity index (χ1v) is 13.1. The van der Waals surface area contributed by atoms with Crippen LogP contribution in [0.4, 0.5) is 5.69 Å². The number of hydrogen-bond acceptors (Lipinski definition) is 6. The SMILES string of the molecule is CCOc1cc([C@@H]2CN(C)[C@@]3(C(=O)Nc4ccccc43)[C@H]2[N+](=O)[O-])ccc1OCc1ccc2ccccc2c1. The Kier molecular flexibility index (Phi) is 6.19. The molecule has 1 N–H and O–H groups in total. The van der Waals surface area contributed by atoms with E-state index in [0.29, 0.717) is 42.5 Å². The monoisotopic (exact) mass is 523 g/mol. The first-order valence-electron chi connectivity index (χ1n) is 13.1. The van der Waals surface area contributed by atoms with Crippen molar-refractivity contribution < 1.29 is 19.2 Å². The Hall–Kier alpha value is -4.43. The third-order valence-corrected chi connectivity index (χ3v) is 7.94. The van der Waals surface area contributed by atoms with Crippen molar-refractivity contribution in [2.75, 3.05) is 25.5 Å². The zero-order valence-electron chi connectivity index (χ0n) is 21.8. The van der Waals surface area contributed by atoms with Gasteiger partial charge in [0.1, 0.15) is 6.61 Å². The number of ether oxygens (including phenoxy) is 2. The summed E-state index contributed by atoms with van der Waals surface area (Å²) in [5, 5.41) is 17.8. The van der Waals surface area contributed by atoms with E-state index >= 15 is 0 Å². The van der Waals surface area contributed by atoms with Crippen molar-refractivity contribution >= 4 is 22.4 Å². The van der Waals surface area contributed by atoms with Crippen LogP contribution in [0.3, 0.4) is 0 Å². The number of para-hydroxylation sites is 1. The highest BCUT2D eigenvalue weighted by Gasteiger charge is 2.68. The average molecular weight is 524 g/mol. The summed E-state index contributed by atoms with van der Waals surface area (Å²) in [5.41, 5.74) is 1.64. The number of nitrogens with one attached hydrogen (secondary N) is 1. The van der Waals surface area contributed by atoms with E-state index in [1.807, 2.05) is 60.4 Å². The van der Waals surface area contributed by atoms with E-state index < -0.39 is 17.5 Å². The summed E-state index contributed by atoms with van der Waals surface area (Å²) in [5.74, 6) is 0.195. The molecule has 39 heavy (non-hydrogen) atoms. The second kappa shape index (κ2) is 9.71. The molecule has 0 aliphatic carbocycles. The van der Waals surface area contributed by atoms with Crippen molar-refractivity contribution in [2.24, 2.45) is 0 Å². The summed E-state index contributed by atoms with van der Waals surface area (Å²) in [4.78, 5) is 27.5. The van der Waals surface area contributed by atoms with Gasteiger partial charge in [0, 0.05) is 22.7 Å². The van der Waals surface area contributed by atoms with Crippen molar-refractivity contribution in [3.05, 3.63) is 112 Å². The fourth-order valence-electron chi connectivity index (χ4n) is 6.21. The zero-order chi connectivity index (χ0) is 27.1. The molecule has 2 heterocycles. The maximum atomic E-state index is 13.4. The van der Waals surface area contributed by atoms with E-state index in [1.54, 1.807) is 19.2 Å². The van der Waals surface area contributed by atoms with Crippen LogP contribution in [0.5, 0.6) is 11.5 Å². The van der Waals surface area contributed by atoms with E-state index in [4.69, 9.17) is 9.47 Å². The number of likely N-dealkylation sites (tertiary alicyclic amines) is 1. The van der Waals surface area contributed by atoms with Crippen LogP contribution in [0.2, 0.25) is 0 Å². The maximum Gasteiger partial charge on any atom is 0.256 e. The fraction of sp³-hybridized carbons (Fsp3) is 0.258. The van der Waals surface area contributed by atoms with Crippen molar-refractivity contribution in [1.82, 2.24) is 4.90 Å². The lowest BCUT2D eigenvalue weighted by atomic mass is 9.79. The number of rotatable bonds is 7. The van der Waals surface area contributed by atoms with E-state index in [2.05, 4.69) is 29.6 Å². The van der Waals surface area contributed by atoms with Crippen LogP contribution in [-0.2, 0) is 16.9 Å². The second-order valence-electron chi connectivity index (χ2n) is 10.1. The van der Waals surface area contributed by atoms with E-state index in [0.717, 1.165) is 16.5 Å². The average Bonchev–Trinajstić information content (AvgIpc) is 3.42. The van der Waals surface area contributed by atoms with Gasteiger partial charge in [0.05, 0.1) is 12.5 Å². The minimum Gasteiger partial charge on any atom is -0.490 e. The molecular weight excluding hydrogens is 494 g/mol. The van der Waals surface area contributed by atoms with Crippen LogP contribution >= 0.6 is 0 Å². The predicted octanol–water partition coefficient (Wildman–Crippen LogP) is 5.34. The molecule has 0 aromatic heterocycles. The van der Waals surface area contributed by atoms with E-state index in [1.165, 1.54) is 5.39 Å². The van der Waals surface area contributed by atoms with Crippen molar-refractivity contribution in [3.63, 3.8) is 0 Å². The first-order chi connectivity index (χ1) is 18.9. The van der Waals surface area contributed by atoms with E-state index in [-0.39, 0.29) is 10.8 Å². The number of likely N-dealkylation sites (N-methyl/N-ethyl adjacent to an activating group) is 1. The highest BCUT2D eigenvalue weighted by Crippen LogP contribution is 2.52. The van der Waals surface area contributed by atoms with Crippen LogP contribution in [0.25, 0.3) is 10.8 Å². The molecule has 4 aromatic rings. The lowest BCUT2D eigenvalue weighted by molar-refractivity contribution is -0.534. The van der Waals surface area contributed by atoms with Gasteiger partial charge in [-0.25, -0.2) is 0 Å². The maximum absolute atomic E-state index is 13.4. The molecule has 0 saturated carbocycles. The molecule has 1 amide bonds. The number of nitro groups is 1. The molecule has 0 unspecified atom stereocenters. The van der Waals surface area contributed by atoms with Gasteiger partial charge in [0.15, 0.2) is 17.0 Å². The highest BCUT2D eigenvalue weighted by molar-refractivity contribution is 6.06. The lowest BCUT2D eigenvalue weighted by Crippen LogP contribution is -2.54. The molecular formula is C31H29N3O5. The summed E-state index contributed by atoms with van der Waals surface area (Å²) >= 11 is 0. The second-order valence-corrected chi connectivity index (χ2v) is 10.1. The summed E-state index contributed by atoms with van der Waals surface area (Å²) in [6.45, 7) is 3.00. The number of nitrogens with zero attached hydrogens (tertiary/aromatic N) is 2. The van der Waals surface area contributed by atoms with Gasteiger partial charge in [-0.05, 0) is 60.1 Å². The Labute approximate surface area is 226 Å². The van der Waals surface area contributed by atoms with E-state index in [9.17, 15) is 14.9 Å². The van der Waals surface area contributed by atoms with Gasteiger partial charge in [-0.3, -0.25) is 19.8 Å². The van der Waals surface area contributed by atoms with Gasteiger partial charge in [-0.2, -0.15) is 0 Å². The molecule has 2 aliphatic heterocycles. The molecule has 198 valence electrons. The largest absolute Gasteiger partial charge is 0.490 e. The van der Waals surface area contributed by atoms with Crippen molar-refractivity contribution in [2.45, 2.75) is 31.0 Å². The molecule has 1 spiro atoms. The number of anilines is 1. The lowest BCUT2D eigenvalue weighted by Gasteiger charge is -2.30. The van der Waals surface area contributed by atoms with Gasteiger partial charge in [-0.1, -0.05) is 60.7 Å². The van der Waals surface area contributed by atoms with Gasteiger partial charge in [-0.15, -0.1) is 0 Å². The topological polar surface area (TPSA) is 93.9 Å². The third kappa shape index (κ3) is 3.99. The molecule has 0 radical (unpaired) electrons. The molecule has 8 nitrogen and oxygen atoms in total. The Bertz CT molecular complexity index is 1590. The quantitative estimate of drug-likeness (QED) is 0.260. The number of benzene rings is 4. The third-order valence-electron chi connectivity index (χ3n) is 7.94. The molecule has 4 aromatic carbocycles. The normalized spacial score (nSPS) is 22.2. The highest BCUT2D eigenvalue weighted by atomic mass is 16.6. The summed E-state index contributed by atoms with van der Waals surface area (Å²) in [6, 6.07) is 25.9. The summed E-state index contributed by atoms with van der Waals surface area (Å²) < 4.78 is 12.1. The van der Waals surface area contributed by atoms with Crippen molar-refractivity contribution in [1.29, 1.82) is 0 Å². The summed E-state index contributed by atoms with van der Waals surface area (Å²) in [7, 11) is 1.78. The van der Waals surface area contributed by atoms with Crippen molar-refractivity contribution in [3.8, 4) is 11.5 Å². The fourth-order valence-corrected chi connectivity index (χ4v) is 6.21. The summed E-state index contributed by atoms with van der Waals surface area (Å²) in [6.07, 6.45) is 0. The van der Waals surface area contributed by atoms with Crippen LogP contribution < -0.4 is 14.8 Å². The standard InChI is InChI=1S/C31H29N3O5/c1-3-38-28-17-23(14-15-27(28)39-19-20-12-13-21-8-4-5-9-22(21)16-20)24-18-33(2)31(29(24)34(36)37)25-10-6-7-11-26(25)32-30(31)35/h4-17,24,29H,3,18-19H2,1-2H3,(H,32,35)/t24-,29-,31+/m0/s1. The van der Waals surface area contributed by atoms with Crippen LogP contribution in [0.15, 0.2) is 84.9 Å². The Morgan fingerprint density at radius 1 is 0.974 bits per heavy atom. The molecule has 6 rings (SSSR count).